The first-order valence-electron chi connectivity index (χ1n) is 2.56. The molecule has 0 rings (SSSR count). The predicted molar refractivity (Wildman–Crippen MR) is 34.5 cm³/mol. The van der Waals surface area contributed by atoms with E-state index in [0.29, 0.717) is 0 Å². The SMILES string of the molecule is FC(C(F)(F)F)C(Cl)(Br)C(F)(F)F. The van der Waals surface area contributed by atoms with Gasteiger partial charge in [-0.05, 0) is 0 Å². The summed E-state index contributed by atoms with van der Waals surface area (Å²) in [6.45, 7) is 0. The molecule has 0 saturated heterocycles. The largest absolute Gasteiger partial charge is 0.422 e. The second-order valence-electron chi connectivity index (χ2n) is 2.02. The van der Waals surface area contributed by atoms with Crippen LogP contribution in [0.3, 0.4) is 0 Å². The molecule has 0 heterocycles. The monoisotopic (exact) mass is 296 g/mol. The summed E-state index contributed by atoms with van der Waals surface area (Å²) in [6.07, 6.45) is -15.4. The van der Waals surface area contributed by atoms with Gasteiger partial charge in [-0.2, -0.15) is 26.3 Å². The highest BCUT2D eigenvalue weighted by molar-refractivity contribution is 9.10. The fourth-order valence-electron chi connectivity index (χ4n) is 0.349. The molecule has 0 aliphatic rings. The minimum atomic E-state index is -5.67. The van der Waals surface area contributed by atoms with Gasteiger partial charge in [-0.25, -0.2) is 4.39 Å². The van der Waals surface area contributed by atoms with Crippen LogP contribution in [-0.2, 0) is 0 Å². The first kappa shape index (κ1) is 13.3. The summed E-state index contributed by atoms with van der Waals surface area (Å²) < 4.78 is 77.6. The van der Waals surface area contributed by atoms with Gasteiger partial charge in [0.1, 0.15) is 0 Å². The van der Waals surface area contributed by atoms with E-state index in [1.54, 1.807) is 0 Å². The van der Waals surface area contributed by atoms with Gasteiger partial charge in [0.05, 0.1) is 0 Å². The first-order chi connectivity index (χ1) is 5.40. The van der Waals surface area contributed by atoms with E-state index in [0.717, 1.165) is 0 Å². The summed E-state index contributed by atoms with van der Waals surface area (Å²) >= 11 is 5.79. The van der Waals surface area contributed by atoms with Gasteiger partial charge in [-0.15, -0.1) is 0 Å². The van der Waals surface area contributed by atoms with Crippen molar-refractivity contribution in [3.05, 3.63) is 0 Å². The predicted octanol–water partition coefficient (Wildman–Crippen LogP) is 3.78. The minimum absolute atomic E-state index is 1.45. The second kappa shape index (κ2) is 3.45. The Bertz CT molecular complexity index is 182. The van der Waals surface area contributed by atoms with E-state index in [-0.39, 0.29) is 0 Å². The van der Waals surface area contributed by atoms with Crippen LogP contribution in [0.2, 0.25) is 0 Å². The number of hydrogen-bond acceptors (Lipinski definition) is 0. The Balaban J connectivity index is 4.86. The lowest BCUT2D eigenvalue weighted by molar-refractivity contribution is -0.224. The van der Waals surface area contributed by atoms with Crippen molar-refractivity contribution in [2.75, 3.05) is 0 Å². The van der Waals surface area contributed by atoms with Crippen molar-refractivity contribution in [1.29, 1.82) is 0 Å². The van der Waals surface area contributed by atoms with Gasteiger partial charge in [0.15, 0.2) is 0 Å². The standard InChI is InChI=1S/C4HBrClF7/c5-2(6,4(11,12)13)1(7)3(8,9)10/h1H. The molecular formula is C4HBrClF7. The van der Waals surface area contributed by atoms with Gasteiger partial charge in [0.2, 0.25) is 9.96 Å². The molecule has 0 N–H and O–H groups in total. The third kappa shape index (κ3) is 2.87. The molecular weight excluding hydrogens is 296 g/mol. The maximum Gasteiger partial charge on any atom is 0.422 e. The summed E-state index contributed by atoms with van der Waals surface area (Å²) in [5.74, 6) is 0. The van der Waals surface area contributed by atoms with E-state index in [2.05, 4.69) is 11.6 Å². The summed E-state index contributed by atoms with van der Waals surface area (Å²) in [7, 11) is 0. The van der Waals surface area contributed by atoms with Gasteiger partial charge in [-0.3, -0.25) is 0 Å². The summed E-state index contributed by atoms with van der Waals surface area (Å²) in [5, 5.41) is 0. The molecule has 0 bridgehead atoms. The van der Waals surface area contributed by atoms with Crippen LogP contribution in [0.15, 0.2) is 0 Å². The van der Waals surface area contributed by atoms with Crippen LogP contribution in [0, 0.1) is 0 Å². The van der Waals surface area contributed by atoms with Crippen LogP contribution >= 0.6 is 27.5 Å². The van der Waals surface area contributed by atoms with Gasteiger partial charge in [-0.1, -0.05) is 27.5 Å². The molecule has 0 spiro atoms. The normalized spacial score (nSPS) is 21.0. The lowest BCUT2D eigenvalue weighted by Gasteiger charge is -2.27. The van der Waals surface area contributed by atoms with Crippen molar-refractivity contribution in [2.45, 2.75) is 22.3 Å². The third-order valence-corrected chi connectivity index (χ3v) is 2.24. The highest BCUT2D eigenvalue weighted by Crippen LogP contribution is 2.49. The second-order valence-corrected chi connectivity index (χ2v) is 4.33. The fourth-order valence-corrected chi connectivity index (χ4v) is 0.733. The Hall–Kier alpha value is 0.280. The highest BCUT2D eigenvalue weighted by atomic mass is 79.9. The third-order valence-electron chi connectivity index (χ3n) is 0.984. The fraction of sp³-hybridized carbons (Fsp3) is 1.00. The number of alkyl halides is 9. The molecule has 0 aliphatic heterocycles. The van der Waals surface area contributed by atoms with Crippen LogP contribution in [0.5, 0.6) is 0 Å². The topological polar surface area (TPSA) is 0 Å². The van der Waals surface area contributed by atoms with E-state index in [1.165, 1.54) is 15.9 Å². The van der Waals surface area contributed by atoms with E-state index >= 15 is 0 Å². The molecule has 9 heteroatoms. The van der Waals surface area contributed by atoms with Crippen LogP contribution in [-0.4, -0.2) is 22.3 Å². The molecule has 0 aliphatic carbocycles. The van der Waals surface area contributed by atoms with Crippen LogP contribution in [0.4, 0.5) is 30.7 Å². The Morgan fingerprint density at radius 2 is 1.31 bits per heavy atom. The zero-order valence-corrected chi connectivity index (χ0v) is 7.82. The summed E-state index contributed by atoms with van der Waals surface area (Å²) in [5.41, 5.74) is 0. The Labute approximate surface area is 81.2 Å². The first-order valence-corrected chi connectivity index (χ1v) is 3.73. The molecule has 0 aromatic rings. The molecule has 0 aromatic carbocycles. The lowest BCUT2D eigenvalue weighted by Crippen LogP contribution is -2.49. The minimum Gasteiger partial charge on any atom is -0.234 e. The summed E-state index contributed by atoms with van der Waals surface area (Å²) in [4.78, 5) is 0. The Morgan fingerprint density at radius 3 is 1.38 bits per heavy atom. The van der Waals surface area contributed by atoms with Gasteiger partial charge < -0.3 is 0 Å². The van der Waals surface area contributed by atoms with E-state index < -0.39 is 22.3 Å². The van der Waals surface area contributed by atoms with Crippen molar-refractivity contribution >= 4 is 27.5 Å². The molecule has 2 atom stereocenters. The Kier molecular flexibility index (Phi) is 3.52. The van der Waals surface area contributed by atoms with Crippen LogP contribution in [0.1, 0.15) is 0 Å². The average molecular weight is 297 g/mol. The number of rotatable bonds is 1. The van der Waals surface area contributed by atoms with E-state index in [9.17, 15) is 30.7 Å². The highest BCUT2D eigenvalue weighted by Gasteiger charge is 2.66. The average Bonchev–Trinajstić information content (AvgIpc) is 1.81. The van der Waals surface area contributed by atoms with Crippen molar-refractivity contribution in [1.82, 2.24) is 0 Å². The summed E-state index contributed by atoms with van der Waals surface area (Å²) in [6, 6.07) is 0. The van der Waals surface area contributed by atoms with E-state index in [1.807, 2.05) is 0 Å². The van der Waals surface area contributed by atoms with Gasteiger partial charge in [0.25, 0.3) is 0 Å². The van der Waals surface area contributed by atoms with Crippen LogP contribution < -0.4 is 0 Å². The maximum absolute atomic E-state index is 12.2. The smallest absolute Gasteiger partial charge is 0.234 e. The van der Waals surface area contributed by atoms with E-state index in [4.69, 9.17) is 0 Å². The van der Waals surface area contributed by atoms with Gasteiger partial charge >= 0.3 is 12.4 Å². The number of hydrogen-bond donors (Lipinski definition) is 0. The van der Waals surface area contributed by atoms with Crippen molar-refractivity contribution in [3.8, 4) is 0 Å². The quantitative estimate of drug-likeness (QED) is 0.510. The molecule has 0 radical (unpaired) electrons. The molecule has 0 amide bonds. The molecule has 13 heavy (non-hydrogen) atoms. The molecule has 2 unspecified atom stereocenters. The Morgan fingerprint density at radius 1 is 1.00 bits per heavy atom. The van der Waals surface area contributed by atoms with Gasteiger partial charge in [0, 0.05) is 0 Å². The molecule has 0 nitrogen and oxygen atoms in total. The molecule has 0 aromatic heterocycles. The van der Waals surface area contributed by atoms with Crippen molar-refractivity contribution in [2.24, 2.45) is 0 Å². The van der Waals surface area contributed by atoms with Crippen molar-refractivity contribution in [3.63, 3.8) is 0 Å². The zero-order chi connectivity index (χ0) is 11.1. The van der Waals surface area contributed by atoms with Crippen LogP contribution in [0.25, 0.3) is 0 Å². The maximum atomic E-state index is 12.2. The van der Waals surface area contributed by atoms with Crippen molar-refractivity contribution < 1.29 is 30.7 Å². The zero-order valence-electron chi connectivity index (χ0n) is 5.48. The number of halogens is 9. The molecule has 0 saturated carbocycles. The molecule has 80 valence electrons. The molecule has 0 fully saturated rings. The lowest BCUT2D eigenvalue weighted by atomic mass is 10.2.